The molecule has 3 rings (SSSR count). The fraction of sp³-hybridized carbons (Fsp3) is 0. The fourth-order valence-electron chi connectivity index (χ4n) is 2.07. The van der Waals surface area contributed by atoms with Crippen LogP contribution in [0.2, 0.25) is 5.02 Å². The highest BCUT2D eigenvalue weighted by Gasteiger charge is 2.21. The first-order chi connectivity index (χ1) is 11.5. The van der Waals surface area contributed by atoms with Crippen molar-refractivity contribution in [2.45, 2.75) is 0 Å². The van der Waals surface area contributed by atoms with Gasteiger partial charge in [0.1, 0.15) is 4.32 Å². The van der Waals surface area contributed by atoms with E-state index in [9.17, 15) is 9.59 Å². The van der Waals surface area contributed by atoms with E-state index in [0.29, 0.717) is 25.5 Å². The topological polar surface area (TPSA) is 58.2 Å². The number of thiocarbonyl (C=S) groups is 1. The third-order valence-electron chi connectivity index (χ3n) is 3.20. The molecule has 0 saturated carbocycles. The number of carbonyl (C=O) groups is 2. The predicted octanol–water partition coefficient (Wildman–Crippen LogP) is 4.08. The van der Waals surface area contributed by atoms with Crippen LogP contribution in [0, 0.1) is 0 Å². The Balaban J connectivity index is 1.72. The molecule has 0 atom stereocenters. The normalized spacial score (nSPS) is 15.5. The molecule has 1 fully saturated rings. The lowest BCUT2D eigenvalue weighted by Crippen LogP contribution is -2.17. The molecular formula is C17H11ClN2O2S2. The lowest BCUT2D eigenvalue weighted by atomic mass is 10.1. The summed E-state index contributed by atoms with van der Waals surface area (Å²) in [5, 5.41) is 5.90. The number of carbonyl (C=O) groups excluding carboxylic acids is 2. The van der Waals surface area contributed by atoms with E-state index in [-0.39, 0.29) is 11.8 Å². The van der Waals surface area contributed by atoms with Gasteiger partial charge < -0.3 is 10.6 Å². The largest absolute Gasteiger partial charge is 0.322 e. The van der Waals surface area contributed by atoms with Crippen LogP contribution < -0.4 is 10.6 Å². The molecule has 2 amide bonds. The molecular weight excluding hydrogens is 364 g/mol. The van der Waals surface area contributed by atoms with E-state index >= 15 is 0 Å². The molecule has 2 aromatic carbocycles. The van der Waals surface area contributed by atoms with Gasteiger partial charge in [0.05, 0.1) is 4.91 Å². The van der Waals surface area contributed by atoms with Gasteiger partial charge in [-0.15, -0.1) is 0 Å². The molecule has 1 aliphatic rings. The minimum Gasteiger partial charge on any atom is -0.322 e. The highest BCUT2D eigenvalue weighted by atomic mass is 35.5. The zero-order valence-electron chi connectivity index (χ0n) is 12.2. The SMILES string of the molecule is O=C1NC(=S)SC1=Cc1ccc(C(=O)Nc2cccc(Cl)c2)cc1. The third-order valence-corrected chi connectivity index (χ3v) is 4.59. The molecule has 2 aromatic rings. The van der Waals surface area contributed by atoms with Crippen LogP contribution in [0.4, 0.5) is 5.69 Å². The second kappa shape index (κ2) is 7.17. The molecule has 2 N–H and O–H groups in total. The maximum Gasteiger partial charge on any atom is 0.263 e. The Labute approximate surface area is 153 Å². The Hall–Kier alpha value is -2.15. The zero-order chi connectivity index (χ0) is 17.1. The Bertz CT molecular complexity index is 863. The van der Waals surface area contributed by atoms with Crippen LogP contribution in [0.15, 0.2) is 53.4 Å². The van der Waals surface area contributed by atoms with Gasteiger partial charge in [-0.25, -0.2) is 0 Å². The van der Waals surface area contributed by atoms with Crippen LogP contribution in [-0.2, 0) is 4.79 Å². The zero-order valence-corrected chi connectivity index (χ0v) is 14.6. The summed E-state index contributed by atoms with van der Waals surface area (Å²) in [5.74, 6) is -0.432. The summed E-state index contributed by atoms with van der Waals surface area (Å²) in [5.41, 5.74) is 1.96. The molecule has 0 unspecified atom stereocenters. The maximum atomic E-state index is 12.2. The van der Waals surface area contributed by atoms with Crippen molar-refractivity contribution < 1.29 is 9.59 Å². The smallest absolute Gasteiger partial charge is 0.263 e. The summed E-state index contributed by atoms with van der Waals surface area (Å²) in [7, 11) is 0. The second-order valence-electron chi connectivity index (χ2n) is 4.94. The average molecular weight is 375 g/mol. The number of anilines is 1. The van der Waals surface area contributed by atoms with Gasteiger partial charge in [-0.05, 0) is 42.0 Å². The Morgan fingerprint density at radius 2 is 1.96 bits per heavy atom. The lowest BCUT2D eigenvalue weighted by Gasteiger charge is -2.06. The highest BCUT2D eigenvalue weighted by Crippen LogP contribution is 2.26. The minimum absolute atomic E-state index is 0.201. The molecule has 24 heavy (non-hydrogen) atoms. The van der Waals surface area contributed by atoms with E-state index in [1.165, 1.54) is 11.8 Å². The van der Waals surface area contributed by atoms with Gasteiger partial charge in [-0.3, -0.25) is 9.59 Å². The highest BCUT2D eigenvalue weighted by molar-refractivity contribution is 8.26. The van der Waals surface area contributed by atoms with Crippen LogP contribution >= 0.6 is 35.6 Å². The van der Waals surface area contributed by atoms with E-state index in [2.05, 4.69) is 10.6 Å². The average Bonchev–Trinajstić information content (AvgIpc) is 2.85. The number of hydrogen-bond donors (Lipinski definition) is 2. The summed E-state index contributed by atoms with van der Waals surface area (Å²) in [6.45, 7) is 0. The van der Waals surface area contributed by atoms with Gasteiger partial charge in [-0.2, -0.15) is 0 Å². The van der Waals surface area contributed by atoms with Crippen molar-refractivity contribution in [2.75, 3.05) is 5.32 Å². The third kappa shape index (κ3) is 4.03. The molecule has 0 aromatic heterocycles. The first kappa shape index (κ1) is 16.7. The van der Waals surface area contributed by atoms with E-state index in [4.69, 9.17) is 23.8 Å². The summed E-state index contributed by atoms with van der Waals surface area (Å²) in [4.78, 5) is 24.4. The first-order valence-electron chi connectivity index (χ1n) is 6.93. The molecule has 0 radical (unpaired) electrons. The van der Waals surface area contributed by atoms with Gasteiger partial charge in [-0.1, -0.05) is 53.8 Å². The van der Waals surface area contributed by atoms with Gasteiger partial charge in [0, 0.05) is 16.3 Å². The minimum atomic E-state index is -0.231. The quantitative estimate of drug-likeness (QED) is 0.627. The molecule has 1 heterocycles. The number of benzene rings is 2. The Morgan fingerprint density at radius 3 is 2.58 bits per heavy atom. The standard InChI is InChI=1S/C17H11ClN2O2S2/c18-12-2-1-3-13(9-12)19-15(21)11-6-4-10(5-7-11)8-14-16(22)20-17(23)24-14/h1-9H,(H,19,21)(H,20,22,23). The summed E-state index contributed by atoms with van der Waals surface area (Å²) < 4.78 is 0.448. The molecule has 0 aliphatic carbocycles. The summed E-state index contributed by atoms with van der Waals surface area (Å²) in [6.07, 6.45) is 1.73. The predicted molar refractivity (Wildman–Crippen MR) is 102 cm³/mol. The van der Waals surface area contributed by atoms with Crippen molar-refractivity contribution in [1.29, 1.82) is 0 Å². The number of halogens is 1. The Kier molecular flexibility index (Phi) is 4.99. The number of hydrogen-bond acceptors (Lipinski definition) is 4. The van der Waals surface area contributed by atoms with Crippen molar-refractivity contribution in [3.8, 4) is 0 Å². The van der Waals surface area contributed by atoms with Crippen LogP contribution in [0.1, 0.15) is 15.9 Å². The molecule has 0 spiro atoms. The van der Waals surface area contributed by atoms with Crippen molar-refractivity contribution in [3.63, 3.8) is 0 Å². The van der Waals surface area contributed by atoms with Crippen LogP contribution in [-0.4, -0.2) is 16.1 Å². The maximum absolute atomic E-state index is 12.2. The van der Waals surface area contributed by atoms with Gasteiger partial charge >= 0.3 is 0 Å². The van der Waals surface area contributed by atoms with Crippen molar-refractivity contribution in [2.24, 2.45) is 0 Å². The van der Waals surface area contributed by atoms with Gasteiger partial charge in [0.2, 0.25) is 0 Å². The molecule has 120 valence electrons. The van der Waals surface area contributed by atoms with Gasteiger partial charge in [0.25, 0.3) is 11.8 Å². The molecule has 7 heteroatoms. The van der Waals surface area contributed by atoms with E-state index in [0.717, 1.165) is 5.56 Å². The van der Waals surface area contributed by atoms with Crippen molar-refractivity contribution in [3.05, 3.63) is 69.6 Å². The van der Waals surface area contributed by atoms with Crippen LogP contribution in [0.25, 0.3) is 6.08 Å². The molecule has 0 bridgehead atoms. The number of nitrogens with one attached hydrogen (secondary N) is 2. The monoisotopic (exact) mass is 374 g/mol. The van der Waals surface area contributed by atoms with Crippen molar-refractivity contribution in [1.82, 2.24) is 5.32 Å². The molecule has 1 saturated heterocycles. The summed E-state index contributed by atoms with van der Waals surface area (Å²) in [6, 6.07) is 13.9. The first-order valence-corrected chi connectivity index (χ1v) is 8.53. The van der Waals surface area contributed by atoms with E-state index in [1.807, 2.05) is 0 Å². The van der Waals surface area contributed by atoms with Crippen LogP contribution in [0.5, 0.6) is 0 Å². The molecule has 4 nitrogen and oxygen atoms in total. The number of amides is 2. The van der Waals surface area contributed by atoms with E-state index < -0.39 is 0 Å². The van der Waals surface area contributed by atoms with Gasteiger partial charge in [0.15, 0.2) is 0 Å². The number of rotatable bonds is 3. The van der Waals surface area contributed by atoms with Crippen molar-refractivity contribution >= 4 is 63.5 Å². The fourth-order valence-corrected chi connectivity index (χ4v) is 3.31. The Morgan fingerprint density at radius 1 is 1.21 bits per heavy atom. The van der Waals surface area contributed by atoms with Crippen LogP contribution in [0.3, 0.4) is 0 Å². The molecule has 1 aliphatic heterocycles. The lowest BCUT2D eigenvalue weighted by molar-refractivity contribution is -0.115. The second-order valence-corrected chi connectivity index (χ2v) is 7.09. The summed E-state index contributed by atoms with van der Waals surface area (Å²) >= 11 is 12.1. The van der Waals surface area contributed by atoms with E-state index in [1.54, 1.807) is 54.6 Å². The number of thioether (sulfide) groups is 1.